The number of nitrogens with zero attached hydrogens (tertiary/aromatic N) is 1. The number of hydrogen-bond acceptors (Lipinski definition) is 4. The molecule has 3 aromatic rings. The van der Waals surface area contributed by atoms with E-state index in [1.54, 1.807) is 0 Å². The fraction of sp³-hybridized carbons (Fsp3) is 0.188. The van der Waals surface area contributed by atoms with Gasteiger partial charge in [0, 0.05) is 22.9 Å². The van der Waals surface area contributed by atoms with E-state index in [2.05, 4.69) is 34.3 Å². The van der Waals surface area contributed by atoms with Crippen LogP contribution in [0.5, 0.6) is 5.75 Å². The van der Waals surface area contributed by atoms with Crippen LogP contribution in [0.4, 0.5) is 5.69 Å². The van der Waals surface area contributed by atoms with Gasteiger partial charge in [0.2, 0.25) is 0 Å². The van der Waals surface area contributed by atoms with Gasteiger partial charge in [0.05, 0.1) is 11.0 Å². The van der Waals surface area contributed by atoms with Crippen molar-refractivity contribution in [3.8, 4) is 17.1 Å². The molecule has 1 aliphatic heterocycles. The van der Waals surface area contributed by atoms with Gasteiger partial charge in [-0.3, -0.25) is 5.32 Å². The number of nitrogen functional groups attached to an aromatic ring is 1. The Morgan fingerprint density at radius 3 is 3.05 bits per heavy atom. The van der Waals surface area contributed by atoms with Gasteiger partial charge in [0.1, 0.15) is 18.3 Å². The number of nitrogens with two attached hydrogens (primary N) is 1. The van der Waals surface area contributed by atoms with Crippen LogP contribution in [0.25, 0.3) is 22.4 Å². The summed E-state index contributed by atoms with van der Waals surface area (Å²) < 4.78 is 5.68. The van der Waals surface area contributed by atoms with E-state index in [0.717, 1.165) is 28.2 Å². The number of fused-ring (bicyclic) bond motifs is 2. The van der Waals surface area contributed by atoms with Gasteiger partial charge in [-0.15, -0.1) is 0 Å². The van der Waals surface area contributed by atoms with Crippen LogP contribution in [-0.4, -0.2) is 16.7 Å². The third-order valence-electron chi connectivity index (χ3n) is 3.88. The van der Waals surface area contributed by atoms with Crippen molar-refractivity contribution >= 4 is 16.7 Å². The standard InChI is InChI=1S/C16H16N4O/c1-9-12-4-2-10(6-15(12)21-8-18-9)16-19-13-5-3-11(17)7-14(13)20-16/h2-7,9,18H,8,17H2,1H3,(H,19,20). The first-order chi connectivity index (χ1) is 10.2. The molecular formula is C16H16N4O. The molecule has 1 aliphatic rings. The van der Waals surface area contributed by atoms with Crippen LogP contribution in [0.1, 0.15) is 18.5 Å². The highest BCUT2D eigenvalue weighted by Crippen LogP contribution is 2.32. The SMILES string of the molecule is CC1NCOc2cc(-c3nc4cc(N)ccc4[nH]3)ccc21. The lowest BCUT2D eigenvalue weighted by Gasteiger charge is -2.24. The molecule has 0 aliphatic carbocycles. The summed E-state index contributed by atoms with van der Waals surface area (Å²) in [5.74, 6) is 1.74. The maximum Gasteiger partial charge on any atom is 0.140 e. The number of hydrogen-bond donors (Lipinski definition) is 3. The van der Waals surface area contributed by atoms with E-state index >= 15 is 0 Å². The predicted molar refractivity (Wildman–Crippen MR) is 83.0 cm³/mol. The Bertz CT molecular complexity index is 824. The average molecular weight is 280 g/mol. The van der Waals surface area contributed by atoms with Crippen LogP contribution in [0.2, 0.25) is 0 Å². The molecule has 106 valence electrons. The summed E-state index contributed by atoms with van der Waals surface area (Å²) in [5, 5.41) is 3.27. The molecule has 0 saturated heterocycles. The van der Waals surface area contributed by atoms with E-state index in [0.29, 0.717) is 18.5 Å². The van der Waals surface area contributed by atoms with Crippen LogP contribution < -0.4 is 15.8 Å². The summed E-state index contributed by atoms with van der Waals surface area (Å²) in [4.78, 5) is 7.92. The molecule has 0 saturated carbocycles. The third-order valence-corrected chi connectivity index (χ3v) is 3.88. The first-order valence-electron chi connectivity index (χ1n) is 6.96. The fourth-order valence-corrected chi connectivity index (χ4v) is 2.68. The quantitative estimate of drug-likeness (QED) is 0.599. The van der Waals surface area contributed by atoms with Crippen LogP contribution in [-0.2, 0) is 0 Å². The number of benzene rings is 2. The minimum Gasteiger partial charge on any atom is -0.478 e. The predicted octanol–water partition coefficient (Wildman–Crippen LogP) is 2.81. The molecule has 1 aromatic heterocycles. The van der Waals surface area contributed by atoms with E-state index in [-0.39, 0.29) is 0 Å². The monoisotopic (exact) mass is 280 g/mol. The highest BCUT2D eigenvalue weighted by Gasteiger charge is 2.18. The van der Waals surface area contributed by atoms with Crippen LogP contribution >= 0.6 is 0 Å². The molecule has 4 N–H and O–H groups in total. The van der Waals surface area contributed by atoms with Crippen molar-refractivity contribution in [2.75, 3.05) is 12.5 Å². The van der Waals surface area contributed by atoms with Crippen molar-refractivity contribution in [1.29, 1.82) is 0 Å². The smallest absolute Gasteiger partial charge is 0.140 e. The minimum absolute atomic E-state index is 0.304. The zero-order chi connectivity index (χ0) is 14.4. The van der Waals surface area contributed by atoms with E-state index in [9.17, 15) is 0 Å². The highest BCUT2D eigenvalue weighted by atomic mass is 16.5. The zero-order valence-corrected chi connectivity index (χ0v) is 11.7. The molecule has 5 heteroatoms. The lowest BCUT2D eigenvalue weighted by molar-refractivity contribution is 0.237. The average Bonchev–Trinajstić information content (AvgIpc) is 2.90. The largest absolute Gasteiger partial charge is 0.478 e. The molecule has 0 fully saturated rings. The molecule has 21 heavy (non-hydrogen) atoms. The molecule has 0 amide bonds. The van der Waals surface area contributed by atoms with E-state index < -0.39 is 0 Å². The summed E-state index contributed by atoms with van der Waals surface area (Å²) in [7, 11) is 0. The Kier molecular flexibility index (Phi) is 2.62. The summed E-state index contributed by atoms with van der Waals surface area (Å²) in [6.45, 7) is 2.67. The molecular weight excluding hydrogens is 264 g/mol. The second-order valence-electron chi connectivity index (χ2n) is 5.33. The molecule has 1 atom stereocenters. The Morgan fingerprint density at radius 1 is 1.24 bits per heavy atom. The van der Waals surface area contributed by atoms with E-state index in [1.807, 2.05) is 24.3 Å². The van der Waals surface area contributed by atoms with Gasteiger partial charge in [0.25, 0.3) is 0 Å². The summed E-state index contributed by atoms with van der Waals surface area (Å²) in [5.41, 5.74) is 10.6. The third kappa shape index (κ3) is 2.02. The Morgan fingerprint density at radius 2 is 2.14 bits per heavy atom. The van der Waals surface area contributed by atoms with Crippen molar-refractivity contribution in [1.82, 2.24) is 15.3 Å². The number of anilines is 1. The molecule has 0 spiro atoms. The molecule has 5 nitrogen and oxygen atoms in total. The highest BCUT2D eigenvalue weighted by molar-refractivity contribution is 5.82. The summed E-state index contributed by atoms with van der Waals surface area (Å²) >= 11 is 0. The van der Waals surface area contributed by atoms with Crippen molar-refractivity contribution in [2.24, 2.45) is 0 Å². The second kappa shape index (κ2) is 4.49. The molecule has 2 aromatic carbocycles. The van der Waals surface area contributed by atoms with Crippen LogP contribution in [0, 0.1) is 0 Å². The maximum absolute atomic E-state index is 5.80. The lowest BCUT2D eigenvalue weighted by Crippen LogP contribution is -2.29. The van der Waals surface area contributed by atoms with Crippen molar-refractivity contribution in [2.45, 2.75) is 13.0 Å². The summed E-state index contributed by atoms with van der Waals surface area (Å²) in [6.07, 6.45) is 0. The van der Waals surface area contributed by atoms with Gasteiger partial charge in [0.15, 0.2) is 0 Å². The Labute approximate surface area is 122 Å². The topological polar surface area (TPSA) is 76.0 Å². The lowest BCUT2D eigenvalue weighted by atomic mass is 10.0. The first-order valence-corrected chi connectivity index (χ1v) is 6.96. The van der Waals surface area contributed by atoms with Gasteiger partial charge in [-0.05, 0) is 31.2 Å². The fourth-order valence-electron chi connectivity index (χ4n) is 2.68. The normalized spacial score (nSPS) is 17.5. The number of H-pyrrole nitrogens is 1. The molecule has 0 radical (unpaired) electrons. The van der Waals surface area contributed by atoms with Crippen molar-refractivity contribution < 1.29 is 4.74 Å². The molecule has 0 bridgehead atoms. The van der Waals surface area contributed by atoms with E-state index in [1.165, 1.54) is 5.56 Å². The number of aromatic nitrogens is 2. The van der Waals surface area contributed by atoms with Gasteiger partial charge in [-0.25, -0.2) is 4.98 Å². The zero-order valence-electron chi connectivity index (χ0n) is 11.7. The van der Waals surface area contributed by atoms with Gasteiger partial charge < -0.3 is 15.5 Å². The van der Waals surface area contributed by atoms with Gasteiger partial charge >= 0.3 is 0 Å². The number of rotatable bonds is 1. The molecule has 2 heterocycles. The van der Waals surface area contributed by atoms with Crippen LogP contribution in [0.15, 0.2) is 36.4 Å². The minimum atomic E-state index is 0.304. The number of nitrogens with one attached hydrogen (secondary N) is 2. The maximum atomic E-state index is 5.80. The van der Waals surface area contributed by atoms with Gasteiger partial charge in [-0.1, -0.05) is 12.1 Å². The Balaban J connectivity index is 1.81. The van der Waals surface area contributed by atoms with Gasteiger partial charge in [-0.2, -0.15) is 0 Å². The van der Waals surface area contributed by atoms with E-state index in [4.69, 9.17) is 10.5 Å². The van der Waals surface area contributed by atoms with Crippen molar-refractivity contribution in [3.05, 3.63) is 42.0 Å². The molecule has 1 unspecified atom stereocenters. The molecule has 4 rings (SSSR count). The summed E-state index contributed by atoms with van der Waals surface area (Å²) in [6, 6.07) is 12.2. The number of ether oxygens (including phenoxy) is 1. The first kappa shape index (κ1) is 12.2. The number of aromatic amines is 1. The Hall–Kier alpha value is -2.53. The van der Waals surface area contributed by atoms with Crippen LogP contribution in [0.3, 0.4) is 0 Å². The second-order valence-corrected chi connectivity index (χ2v) is 5.33. The van der Waals surface area contributed by atoms with Crippen molar-refractivity contribution in [3.63, 3.8) is 0 Å². The number of imidazole rings is 1.